The second kappa shape index (κ2) is 6.22. The van der Waals surface area contributed by atoms with E-state index in [2.05, 4.69) is 10.2 Å². The van der Waals surface area contributed by atoms with Crippen molar-refractivity contribution in [2.24, 2.45) is 0 Å². The van der Waals surface area contributed by atoms with Crippen LogP contribution in [0, 0.1) is 0 Å². The van der Waals surface area contributed by atoms with E-state index in [1.54, 1.807) is 7.11 Å². The fourth-order valence-electron chi connectivity index (χ4n) is 2.11. The van der Waals surface area contributed by atoms with E-state index in [4.69, 9.17) is 15.2 Å². The lowest BCUT2D eigenvalue weighted by molar-refractivity contribution is 0.300. The summed E-state index contributed by atoms with van der Waals surface area (Å²) in [6, 6.07) is 17.0. The lowest BCUT2D eigenvalue weighted by atomic mass is 10.1. The number of hydrogen-bond acceptors (Lipinski definition) is 4. The van der Waals surface area contributed by atoms with Gasteiger partial charge in [-0.15, -0.1) is 0 Å². The quantitative estimate of drug-likeness (QED) is 0.709. The number of rotatable bonds is 5. The molecule has 0 fully saturated rings. The predicted octanol–water partition coefficient (Wildman–Crippen LogP) is 3.25. The molecular weight excluding hydrogens is 278 g/mol. The first kappa shape index (κ1) is 14.0. The Morgan fingerprint density at radius 2 is 1.82 bits per heavy atom. The normalized spacial score (nSPS) is 10.4. The van der Waals surface area contributed by atoms with Crippen LogP contribution in [0.25, 0.3) is 11.3 Å². The van der Waals surface area contributed by atoms with Crippen molar-refractivity contribution in [1.82, 2.24) is 10.2 Å². The summed E-state index contributed by atoms with van der Waals surface area (Å²) in [6.07, 6.45) is 0. The van der Waals surface area contributed by atoms with Crippen molar-refractivity contribution in [1.29, 1.82) is 0 Å². The Bertz CT molecular complexity index is 751. The molecule has 0 atom stereocenters. The molecule has 3 aromatic rings. The van der Waals surface area contributed by atoms with Crippen molar-refractivity contribution in [2.45, 2.75) is 6.61 Å². The molecule has 3 N–H and O–H groups in total. The summed E-state index contributed by atoms with van der Waals surface area (Å²) in [4.78, 5) is 0. The van der Waals surface area contributed by atoms with Crippen molar-refractivity contribution in [2.75, 3.05) is 12.8 Å². The maximum absolute atomic E-state index is 5.79. The number of ether oxygens (including phenoxy) is 2. The molecule has 0 bridgehead atoms. The molecule has 0 unspecified atom stereocenters. The van der Waals surface area contributed by atoms with Crippen LogP contribution in [-0.2, 0) is 6.61 Å². The largest absolute Gasteiger partial charge is 0.497 e. The Labute approximate surface area is 128 Å². The third-order valence-corrected chi connectivity index (χ3v) is 3.27. The van der Waals surface area contributed by atoms with Crippen LogP contribution in [0.5, 0.6) is 11.5 Å². The molecule has 0 aliphatic rings. The molecule has 112 valence electrons. The zero-order valence-corrected chi connectivity index (χ0v) is 12.2. The van der Waals surface area contributed by atoms with E-state index in [0.29, 0.717) is 6.61 Å². The van der Waals surface area contributed by atoms with Gasteiger partial charge in [-0.1, -0.05) is 12.1 Å². The molecule has 1 aromatic heterocycles. The maximum atomic E-state index is 5.79. The van der Waals surface area contributed by atoms with Crippen molar-refractivity contribution >= 4 is 5.69 Å². The highest BCUT2D eigenvalue weighted by atomic mass is 16.5. The summed E-state index contributed by atoms with van der Waals surface area (Å²) in [5.74, 6) is 1.58. The molecule has 0 amide bonds. The smallest absolute Gasteiger partial charge is 0.130 e. The molecule has 0 aliphatic heterocycles. The van der Waals surface area contributed by atoms with Gasteiger partial charge in [0.05, 0.1) is 18.5 Å². The molecule has 3 rings (SSSR count). The number of methoxy groups -OCH3 is 1. The minimum atomic E-state index is 0.418. The van der Waals surface area contributed by atoms with Crippen LogP contribution in [0.1, 0.15) is 5.69 Å². The van der Waals surface area contributed by atoms with Crippen molar-refractivity contribution in [3.63, 3.8) is 0 Å². The summed E-state index contributed by atoms with van der Waals surface area (Å²) in [5, 5.41) is 7.26. The monoisotopic (exact) mass is 295 g/mol. The molecular formula is C17H17N3O2. The third-order valence-electron chi connectivity index (χ3n) is 3.27. The van der Waals surface area contributed by atoms with Gasteiger partial charge in [0.1, 0.15) is 18.1 Å². The second-order valence-electron chi connectivity index (χ2n) is 4.87. The van der Waals surface area contributed by atoms with Gasteiger partial charge in [-0.25, -0.2) is 0 Å². The fourth-order valence-corrected chi connectivity index (χ4v) is 2.11. The number of benzene rings is 2. The summed E-state index contributed by atoms with van der Waals surface area (Å²) in [5.41, 5.74) is 9.23. The van der Waals surface area contributed by atoms with Crippen LogP contribution < -0.4 is 15.2 Å². The standard InChI is InChI=1S/C17H17N3O2/c1-21-15-5-7-16(8-6-15)22-11-14-10-17(20-19-14)12-3-2-4-13(18)9-12/h2-10H,11,18H2,1H3,(H,19,20). The predicted molar refractivity (Wildman–Crippen MR) is 85.8 cm³/mol. The van der Waals surface area contributed by atoms with Crippen molar-refractivity contribution in [3.05, 3.63) is 60.3 Å². The zero-order valence-electron chi connectivity index (χ0n) is 12.2. The molecule has 0 spiro atoms. The number of nitrogens with zero attached hydrogens (tertiary/aromatic N) is 1. The molecule has 5 heteroatoms. The highest BCUT2D eigenvalue weighted by Crippen LogP contribution is 2.21. The number of aromatic nitrogens is 2. The molecule has 5 nitrogen and oxygen atoms in total. The number of hydrogen-bond donors (Lipinski definition) is 2. The first-order chi connectivity index (χ1) is 10.7. The van der Waals surface area contributed by atoms with Crippen LogP contribution in [0.3, 0.4) is 0 Å². The lowest BCUT2D eigenvalue weighted by Crippen LogP contribution is -1.95. The SMILES string of the molecule is COc1ccc(OCc2cc(-c3cccc(N)c3)n[nH]2)cc1. The van der Waals surface area contributed by atoms with Gasteiger partial charge in [0, 0.05) is 11.3 Å². The van der Waals surface area contributed by atoms with Gasteiger partial charge in [0.2, 0.25) is 0 Å². The van der Waals surface area contributed by atoms with Gasteiger partial charge in [0.15, 0.2) is 0 Å². The molecule has 0 aliphatic carbocycles. The van der Waals surface area contributed by atoms with E-state index in [1.807, 2.05) is 54.6 Å². The van der Waals surface area contributed by atoms with Gasteiger partial charge in [-0.2, -0.15) is 5.10 Å². The minimum absolute atomic E-state index is 0.418. The van der Waals surface area contributed by atoms with Gasteiger partial charge in [-0.05, 0) is 42.5 Å². The Kier molecular flexibility index (Phi) is 3.96. The van der Waals surface area contributed by atoms with E-state index >= 15 is 0 Å². The van der Waals surface area contributed by atoms with E-state index in [-0.39, 0.29) is 0 Å². The topological polar surface area (TPSA) is 73.2 Å². The van der Waals surface area contributed by atoms with Crippen LogP contribution in [-0.4, -0.2) is 17.3 Å². The molecule has 0 radical (unpaired) electrons. The molecule has 2 aromatic carbocycles. The highest BCUT2D eigenvalue weighted by molar-refractivity contribution is 5.64. The number of H-pyrrole nitrogens is 1. The Morgan fingerprint density at radius 1 is 1.05 bits per heavy atom. The molecule has 1 heterocycles. The van der Waals surface area contributed by atoms with Gasteiger partial charge >= 0.3 is 0 Å². The summed E-state index contributed by atoms with van der Waals surface area (Å²) in [6.45, 7) is 0.418. The summed E-state index contributed by atoms with van der Waals surface area (Å²) in [7, 11) is 1.64. The van der Waals surface area contributed by atoms with Crippen LogP contribution >= 0.6 is 0 Å². The van der Waals surface area contributed by atoms with Gasteiger partial charge < -0.3 is 15.2 Å². The zero-order chi connectivity index (χ0) is 15.4. The van der Waals surface area contributed by atoms with Crippen molar-refractivity contribution < 1.29 is 9.47 Å². The summed E-state index contributed by atoms with van der Waals surface area (Å²) >= 11 is 0. The minimum Gasteiger partial charge on any atom is -0.497 e. The van der Waals surface area contributed by atoms with E-state index in [0.717, 1.165) is 34.1 Å². The Balaban J connectivity index is 1.66. The number of nitrogens with one attached hydrogen (secondary N) is 1. The fraction of sp³-hybridized carbons (Fsp3) is 0.118. The van der Waals surface area contributed by atoms with Crippen LogP contribution in [0.15, 0.2) is 54.6 Å². The van der Waals surface area contributed by atoms with Crippen molar-refractivity contribution in [3.8, 4) is 22.8 Å². The summed E-state index contributed by atoms with van der Waals surface area (Å²) < 4.78 is 10.8. The molecule has 0 saturated heterocycles. The van der Waals surface area contributed by atoms with E-state index in [9.17, 15) is 0 Å². The van der Waals surface area contributed by atoms with Gasteiger partial charge in [-0.3, -0.25) is 5.10 Å². The first-order valence-corrected chi connectivity index (χ1v) is 6.91. The lowest BCUT2D eigenvalue weighted by Gasteiger charge is -2.05. The van der Waals surface area contributed by atoms with Gasteiger partial charge in [0.25, 0.3) is 0 Å². The van der Waals surface area contributed by atoms with Crippen LogP contribution in [0.4, 0.5) is 5.69 Å². The second-order valence-corrected chi connectivity index (χ2v) is 4.87. The Morgan fingerprint density at radius 3 is 2.55 bits per heavy atom. The number of nitrogen functional groups attached to an aromatic ring is 1. The average molecular weight is 295 g/mol. The third kappa shape index (κ3) is 3.20. The number of anilines is 1. The average Bonchev–Trinajstić information content (AvgIpc) is 3.02. The highest BCUT2D eigenvalue weighted by Gasteiger charge is 2.05. The Hall–Kier alpha value is -2.95. The first-order valence-electron chi connectivity index (χ1n) is 6.91. The van der Waals surface area contributed by atoms with Crippen LogP contribution in [0.2, 0.25) is 0 Å². The molecule has 22 heavy (non-hydrogen) atoms. The molecule has 0 saturated carbocycles. The number of aromatic amines is 1. The van der Waals surface area contributed by atoms with E-state index in [1.165, 1.54) is 0 Å². The number of nitrogens with two attached hydrogens (primary N) is 1. The maximum Gasteiger partial charge on any atom is 0.130 e. The van der Waals surface area contributed by atoms with E-state index < -0.39 is 0 Å².